The molecule has 146 valence electrons. The largest absolute Gasteiger partial charge is 0.459 e. The summed E-state index contributed by atoms with van der Waals surface area (Å²) in [4.78, 5) is 36.6. The molecule has 0 fully saturated rings. The number of nitrogens with zero attached hydrogens (tertiary/aromatic N) is 2. The Bertz CT molecular complexity index is 1260. The van der Waals surface area contributed by atoms with Crippen molar-refractivity contribution in [1.29, 1.82) is 0 Å². The van der Waals surface area contributed by atoms with Gasteiger partial charge in [0.15, 0.2) is 5.76 Å². The molecule has 0 saturated heterocycles. The van der Waals surface area contributed by atoms with Gasteiger partial charge in [0.2, 0.25) is 0 Å². The van der Waals surface area contributed by atoms with Crippen LogP contribution in [0.25, 0.3) is 11.0 Å². The minimum absolute atomic E-state index is 0.129. The van der Waals surface area contributed by atoms with Gasteiger partial charge in [-0.2, -0.15) is 0 Å². The molecule has 0 radical (unpaired) electrons. The van der Waals surface area contributed by atoms with Gasteiger partial charge in [-0.3, -0.25) is 18.7 Å². The Morgan fingerprint density at radius 3 is 2.17 bits per heavy atom. The highest BCUT2D eigenvalue weighted by Crippen LogP contribution is 2.19. The highest BCUT2D eigenvalue weighted by atomic mass is 16.3. The Kier molecular flexibility index (Phi) is 4.52. The van der Waals surface area contributed by atoms with Gasteiger partial charge in [0.1, 0.15) is 0 Å². The summed E-state index contributed by atoms with van der Waals surface area (Å²) in [5.41, 5.74) is 2.94. The van der Waals surface area contributed by atoms with Crippen LogP contribution < -0.4 is 16.3 Å². The molecule has 8 nitrogen and oxygen atoms in total. The Balaban J connectivity index is 1.48. The van der Waals surface area contributed by atoms with Crippen molar-refractivity contribution in [2.45, 2.75) is 0 Å². The number of furan rings is 1. The van der Waals surface area contributed by atoms with Gasteiger partial charge in [-0.15, -0.1) is 0 Å². The van der Waals surface area contributed by atoms with Gasteiger partial charge in [0.25, 0.3) is 11.8 Å². The highest BCUT2D eigenvalue weighted by molar-refractivity contribution is 6.06. The highest BCUT2D eigenvalue weighted by Gasteiger charge is 2.12. The molecule has 0 unspecified atom stereocenters. The first-order valence-electron chi connectivity index (χ1n) is 8.86. The van der Waals surface area contributed by atoms with Gasteiger partial charge >= 0.3 is 5.69 Å². The average Bonchev–Trinajstić information content (AvgIpc) is 3.33. The summed E-state index contributed by atoms with van der Waals surface area (Å²) in [6.45, 7) is 0. The van der Waals surface area contributed by atoms with Gasteiger partial charge in [-0.25, -0.2) is 4.79 Å². The molecule has 0 bridgehead atoms. The number of amides is 2. The van der Waals surface area contributed by atoms with Crippen molar-refractivity contribution >= 4 is 34.2 Å². The fraction of sp³-hybridized carbons (Fsp3) is 0.0952. The van der Waals surface area contributed by atoms with Crippen LogP contribution in [0, 0.1) is 0 Å². The van der Waals surface area contributed by atoms with E-state index in [1.54, 1.807) is 73.3 Å². The fourth-order valence-electron chi connectivity index (χ4n) is 3.09. The number of carbonyl (C=O) groups is 2. The molecule has 0 aliphatic rings. The van der Waals surface area contributed by atoms with Gasteiger partial charge in [-0.1, -0.05) is 0 Å². The molecular formula is C21H18N4O4. The molecule has 0 atom stereocenters. The molecule has 0 aliphatic carbocycles. The van der Waals surface area contributed by atoms with Gasteiger partial charge in [0.05, 0.1) is 17.3 Å². The fourth-order valence-corrected chi connectivity index (χ4v) is 3.09. The Morgan fingerprint density at radius 2 is 1.48 bits per heavy atom. The van der Waals surface area contributed by atoms with Crippen LogP contribution in [0.15, 0.2) is 70.1 Å². The zero-order valence-electron chi connectivity index (χ0n) is 15.8. The smallest absolute Gasteiger partial charge is 0.328 e. The van der Waals surface area contributed by atoms with Crippen molar-refractivity contribution in [3.05, 3.63) is 82.7 Å². The number of hydrogen-bond donors (Lipinski definition) is 2. The zero-order chi connectivity index (χ0) is 20.5. The third-order valence-electron chi connectivity index (χ3n) is 4.68. The lowest BCUT2D eigenvalue weighted by atomic mass is 10.2. The Hall–Kier alpha value is -4.07. The van der Waals surface area contributed by atoms with E-state index in [4.69, 9.17) is 4.42 Å². The van der Waals surface area contributed by atoms with Crippen molar-refractivity contribution < 1.29 is 14.0 Å². The van der Waals surface area contributed by atoms with Crippen LogP contribution in [0.4, 0.5) is 11.4 Å². The molecule has 2 aromatic heterocycles. The van der Waals surface area contributed by atoms with Gasteiger partial charge < -0.3 is 15.1 Å². The van der Waals surface area contributed by atoms with E-state index in [0.717, 1.165) is 11.0 Å². The Labute approximate surface area is 165 Å². The van der Waals surface area contributed by atoms with E-state index in [0.29, 0.717) is 16.9 Å². The van der Waals surface area contributed by atoms with Crippen molar-refractivity contribution in [2.75, 3.05) is 10.6 Å². The monoisotopic (exact) mass is 390 g/mol. The first-order chi connectivity index (χ1) is 13.9. The van der Waals surface area contributed by atoms with Crippen molar-refractivity contribution in [3.8, 4) is 0 Å². The minimum Gasteiger partial charge on any atom is -0.459 e. The molecule has 2 amide bonds. The molecule has 0 spiro atoms. The maximum Gasteiger partial charge on any atom is 0.328 e. The third-order valence-corrected chi connectivity index (χ3v) is 4.68. The number of nitrogens with one attached hydrogen (secondary N) is 2. The maximum absolute atomic E-state index is 12.5. The Morgan fingerprint density at radius 1 is 0.828 bits per heavy atom. The maximum atomic E-state index is 12.5. The number of carbonyl (C=O) groups excluding carboxylic acids is 2. The van der Waals surface area contributed by atoms with E-state index in [-0.39, 0.29) is 23.3 Å². The van der Waals surface area contributed by atoms with E-state index >= 15 is 0 Å². The standard InChI is InChI=1S/C21H18N4O4/c1-24-16-10-9-15(12-17(16)25(2)21(24)28)23-19(26)13-5-7-14(8-6-13)22-20(27)18-4-3-11-29-18/h3-12H,1-2H3,(H,22,27)(H,23,26). The number of aryl methyl sites for hydroxylation is 2. The zero-order valence-corrected chi connectivity index (χ0v) is 15.8. The molecule has 4 rings (SSSR count). The lowest BCUT2D eigenvalue weighted by Gasteiger charge is -2.08. The van der Waals surface area contributed by atoms with E-state index in [1.165, 1.54) is 10.8 Å². The average molecular weight is 390 g/mol. The number of rotatable bonds is 4. The summed E-state index contributed by atoms with van der Waals surface area (Å²) >= 11 is 0. The predicted octanol–water partition coefficient (Wildman–Crippen LogP) is 2.97. The summed E-state index contributed by atoms with van der Waals surface area (Å²) in [5, 5.41) is 5.52. The number of fused-ring (bicyclic) bond motifs is 1. The number of benzene rings is 2. The first kappa shape index (κ1) is 18.3. The quantitative estimate of drug-likeness (QED) is 0.560. The number of anilines is 2. The lowest BCUT2D eigenvalue weighted by Crippen LogP contribution is -2.19. The SMILES string of the molecule is Cn1c(=O)n(C)c2cc(NC(=O)c3ccc(NC(=O)c4ccco4)cc3)ccc21. The van der Waals surface area contributed by atoms with Crippen LogP contribution in [0.1, 0.15) is 20.9 Å². The molecule has 2 aromatic carbocycles. The van der Waals surface area contributed by atoms with Crippen molar-refractivity contribution in [3.63, 3.8) is 0 Å². The predicted molar refractivity (Wildman–Crippen MR) is 109 cm³/mol. The molecule has 0 aliphatic heterocycles. The molecule has 8 heteroatoms. The molecule has 0 saturated carbocycles. The van der Waals surface area contributed by atoms with Crippen LogP contribution >= 0.6 is 0 Å². The summed E-state index contributed by atoms with van der Waals surface area (Å²) in [6, 6.07) is 15.0. The molecule has 2 N–H and O–H groups in total. The van der Waals surface area contributed by atoms with E-state index in [1.807, 2.05) is 0 Å². The molecule has 4 aromatic rings. The molecule has 2 heterocycles. The van der Waals surface area contributed by atoms with E-state index in [2.05, 4.69) is 10.6 Å². The summed E-state index contributed by atoms with van der Waals surface area (Å²) in [5.74, 6) is -0.458. The second-order valence-electron chi connectivity index (χ2n) is 6.57. The van der Waals surface area contributed by atoms with Crippen LogP contribution in [0.3, 0.4) is 0 Å². The molecule has 29 heavy (non-hydrogen) atoms. The summed E-state index contributed by atoms with van der Waals surface area (Å²) in [6.07, 6.45) is 1.42. The van der Waals surface area contributed by atoms with Gasteiger partial charge in [-0.05, 0) is 54.6 Å². The number of imidazole rings is 1. The normalized spacial score (nSPS) is 10.8. The van der Waals surface area contributed by atoms with Crippen LogP contribution in [-0.2, 0) is 14.1 Å². The van der Waals surface area contributed by atoms with E-state index in [9.17, 15) is 14.4 Å². The van der Waals surface area contributed by atoms with Gasteiger partial charge in [0, 0.05) is 31.0 Å². The summed E-state index contributed by atoms with van der Waals surface area (Å²) < 4.78 is 8.13. The van der Waals surface area contributed by atoms with Crippen LogP contribution in [0.2, 0.25) is 0 Å². The topological polar surface area (TPSA) is 98.3 Å². The van der Waals surface area contributed by atoms with Crippen LogP contribution in [0.5, 0.6) is 0 Å². The number of hydrogen-bond acceptors (Lipinski definition) is 4. The van der Waals surface area contributed by atoms with Crippen molar-refractivity contribution in [2.24, 2.45) is 14.1 Å². The number of aromatic nitrogens is 2. The summed E-state index contributed by atoms with van der Waals surface area (Å²) in [7, 11) is 3.39. The third kappa shape index (κ3) is 3.43. The first-order valence-corrected chi connectivity index (χ1v) is 8.86. The minimum atomic E-state index is -0.367. The van der Waals surface area contributed by atoms with Crippen LogP contribution in [-0.4, -0.2) is 20.9 Å². The van der Waals surface area contributed by atoms with E-state index < -0.39 is 0 Å². The van der Waals surface area contributed by atoms with Crippen molar-refractivity contribution in [1.82, 2.24) is 9.13 Å². The molecular weight excluding hydrogens is 372 g/mol. The second-order valence-corrected chi connectivity index (χ2v) is 6.57. The second kappa shape index (κ2) is 7.16. The lowest BCUT2D eigenvalue weighted by molar-refractivity contribution is 0.0995.